The molecule has 0 aliphatic heterocycles. The number of guanidine groups is 1. The molecule has 0 aliphatic rings. The zero-order chi connectivity index (χ0) is 18.9. The van der Waals surface area contributed by atoms with Gasteiger partial charge in [0, 0.05) is 54.8 Å². The van der Waals surface area contributed by atoms with Gasteiger partial charge in [-0.1, -0.05) is 17.7 Å². The van der Waals surface area contributed by atoms with Crippen LogP contribution in [-0.2, 0) is 11.2 Å². The van der Waals surface area contributed by atoms with Crippen LogP contribution in [0.15, 0.2) is 29.4 Å². The molecule has 0 saturated carbocycles. The van der Waals surface area contributed by atoms with E-state index >= 15 is 0 Å². The number of benzene rings is 1. The van der Waals surface area contributed by atoms with Crippen molar-refractivity contribution >= 4 is 64.5 Å². The van der Waals surface area contributed by atoms with Gasteiger partial charge in [-0.3, -0.25) is 9.79 Å². The van der Waals surface area contributed by atoms with E-state index in [2.05, 4.69) is 25.9 Å². The van der Waals surface area contributed by atoms with Crippen LogP contribution in [0.5, 0.6) is 0 Å². The lowest BCUT2D eigenvalue weighted by Crippen LogP contribution is -2.39. The minimum atomic E-state index is -0.0726. The smallest absolute Gasteiger partial charge is 0.226 e. The predicted molar refractivity (Wildman–Crippen MR) is 125 cm³/mol. The highest BCUT2D eigenvalue weighted by Crippen LogP contribution is 2.22. The van der Waals surface area contributed by atoms with Crippen LogP contribution < -0.4 is 16.0 Å². The fourth-order valence-electron chi connectivity index (χ4n) is 2.28. The molecule has 0 radical (unpaired) electrons. The van der Waals surface area contributed by atoms with Crippen molar-refractivity contribution in [2.75, 3.05) is 25.5 Å². The summed E-state index contributed by atoms with van der Waals surface area (Å²) in [5.74, 6) is 0.599. The van der Waals surface area contributed by atoms with Crippen molar-refractivity contribution in [2.45, 2.75) is 26.7 Å². The number of hydrogen-bond acceptors (Lipinski definition) is 4. The Balaban J connectivity index is 0.00000364. The van der Waals surface area contributed by atoms with E-state index in [-0.39, 0.29) is 29.9 Å². The van der Waals surface area contributed by atoms with Crippen molar-refractivity contribution in [3.05, 3.63) is 44.9 Å². The van der Waals surface area contributed by atoms with E-state index in [9.17, 15) is 4.79 Å². The molecule has 1 heterocycles. The normalized spacial score (nSPS) is 10.9. The first-order valence-corrected chi connectivity index (χ1v) is 9.60. The molecule has 1 amide bonds. The molecule has 1 aromatic heterocycles. The Morgan fingerprint density at radius 3 is 2.67 bits per heavy atom. The van der Waals surface area contributed by atoms with E-state index in [0.717, 1.165) is 29.2 Å². The number of aliphatic imine (C=N–C) groups is 1. The molecule has 2 rings (SSSR count). The maximum Gasteiger partial charge on any atom is 0.226 e. The van der Waals surface area contributed by atoms with Gasteiger partial charge in [-0.05, 0) is 31.5 Å². The Morgan fingerprint density at radius 2 is 2.00 bits per heavy atom. The van der Waals surface area contributed by atoms with Crippen LogP contribution in [-0.4, -0.2) is 37.0 Å². The predicted octanol–water partition coefficient (Wildman–Crippen LogP) is 3.77. The number of carbonyl (C=O) groups excluding carboxylic acids is 1. The van der Waals surface area contributed by atoms with E-state index in [1.165, 1.54) is 4.88 Å². The number of amides is 1. The number of nitrogens with zero attached hydrogens (tertiary/aromatic N) is 2. The molecule has 0 saturated heterocycles. The zero-order valence-electron chi connectivity index (χ0n) is 15.6. The summed E-state index contributed by atoms with van der Waals surface area (Å²) in [6.45, 7) is 5.15. The molecule has 1 aromatic carbocycles. The second-order valence-electron chi connectivity index (χ2n) is 5.75. The van der Waals surface area contributed by atoms with E-state index < -0.39 is 0 Å². The Kier molecular flexibility index (Phi) is 10.6. The highest BCUT2D eigenvalue weighted by Gasteiger charge is 2.07. The summed E-state index contributed by atoms with van der Waals surface area (Å²) < 4.78 is 0. The van der Waals surface area contributed by atoms with Crippen molar-refractivity contribution in [1.82, 2.24) is 15.6 Å². The fraction of sp³-hybridized carbons (Fsp3) is 0.389. The monoisotopic (exact) mass is 521 g/mol. The summed E-state index contributed by atoms with van der Waals surface area (Å²) in [4.78, 5) is 21.8. The van der Waals surface area contributed by atoms with Crippen molar-refractivity contribution in [3.8, 4) is 0 Å². The van der Waals surface area contributed by atoms with Gasteiger partial charge in [-0.25, -0.2) is 4.98 Å². The molecule has 3 N–H and O–H groups in total. The first-order chi connectivity index (χ1) is 12.5. The second-order valence-corrected chi connectivity index (χ2v) is 7.48. The van der Waals surface area contributed by atoms with Gasteiger partial charge in [0.05, 0.1) is 5.01 Å². The molecular weight excluding hydrogens is 497 g/mol. The average Bonchev–Trinajstić information content (AvgIpc) is 3.03. The van der Waals surface area contributed by atoms with Gasteiger partial charge < -0.3 is 16.0 Å². The van der Waals surface area contributed by atoms with E-state index in [1.807, 2.05) is 32.2 Å². The number of aryl methyl sites for hydroxylation is 1. The molecule has 0 unspecified atom stereocenters. The Morgan fingerprint density at radius 1 is 1.26 bits per heavy atom. The SMILES string of the molecule is CN=C(NCCC(=O)Nc1cccc(Cl)c1C)NCCc1ncc(C)s1.I. The number of carbonyl (C=O) groups is 1. The minimum absolute atomic E-state index is 0. The molecule has 0 atom stereocenters. The third-order valence-electron chi connectivity index (χ3n) is 3.71. The standard InChI is InChI=1S/C18H24ClN5OS.HI/c1-12-11-23-17(26-12)8-10-22-18(20-3)21-9-7-16(25)24-15-6-4-5-14(19)13(15)2;/h4-6,11H,7-10H2,1-3H3,(H,24,25)(H2,20,21,22);1H. The quantitative estimate of drug-likeness (QED) is 0.294. The minimum Gasteiger partial charge on any atom is -0.356 e. The number of thiazole rings is 1. The van der Waals surface area contributed by atoms with Crippen LogP contribution in [0.2, 0.25) is 5.02 Å². The Bertz CT molecular complexity index is 781. The molecular formula is C18H25ClIN5OS. The lowest BCUT2D eigenvalue weighted by atomic mass is 10.2. The Hall–Kier alpha value is -1.39. The van der Waals surface area contributed by atoms with Gasteiger partial charge >= 0.3 is 0 Å². The number of rotatable bonds is 7. The van der Waals surface area contributed by atoms with Crippen molar-refractivity contribution in [1.29, 1.82) is 0 Å². The molecule has 0 bridgehead atoms. The highest BCUT2D eigenvalue weighted by atomic mass is 127. The molecule has 0 spiro atoms. The van der Waals surface area contributed by atoms with Gasteiger partial charge in [-0.15, -0.1) is 35.3 Å². The summed E-state index contributed by atoms with van der Waals surface area (Å²) in [7, 11) is 1.71. The summed E-state index contributed by atoms with van der Waals surface area (Å²) in [5.41, 5.74) is 1.61. The van der Waals surface area contributed by atoms with Crippen molar-refractivity contribution < 1.29 is 4.79 Å². The lowest BCUT2D eigenvalue weighted by molar-refractivity contribution is -0.116. The summed E-state index contributed by atoms with van der Waals surface area (Å²) in [5, 5.41) is 11.0. The van der Waals surface area contributed by atoms with Crippen LogP contribution >= 0.6 is 46.9 Å². The first kappa shape index (κ1) is 23.6. The number of anilines is 1. The maximum absolute atomic E-state index is 12.1. The molecule has 0 fully saturated rings. The molecule has 9 heteroatoms. The molecule has 148 valence electrons. The third-order valence-corrected chi connectivity index (χ3v) is 5.09. The number of hydrogen-bond donors (Lipinski definition) is 3. The number of aromatic nitrogens is 1. The first-order valence-electron chi connectivity index (χ1n) is 8.40. The average molecular weight is 522 g/mol. The molecule has 27 heavy (non-hydrogen) atoms. The van der Waals surface area contributed by atoms with E-state index in [0.29, 0.717) is 23.9 Å². The van der Waals surface area contributed by atoms with Crippen LogP contribution in [0.4, 0.5) is 5.69 Å². The van der Waals surface area contributed by atoms with Gasteiger partial charge in [0.15, 0.2) is 5.96 Å². The van der Waals surface area contributed by atoms with E-state index in [4.69, 9.17) is 11.6 Å². The fourth-order valence-corrected chi connectivity index (χ4v) is 3.24. The summed E-state index contributed by atoms with van der Waals surface area (Å²) in [6.07, 6.45) is 3.05. The van der Waals surface area contributed by atoms with Crippen LogP contribution in [0.1, 0.15) is 21.9 Å². The maximum atomic E-state index is 12.1. The number of halogens is 2. The highest BCUT2D eigenvalue weighted by molar-refractivity contribution is 14.0. The van der Waals surface area contributed by atoms with Gasteiger partial charge in [0.1, 0.15) is 0 Å². The van der Waals surface area contributed by atoms with E-state index in [1.54, 1.807) is 24.5 Å². The van der Waals surface area contributed by atoms with Crippen molar-refractivity contribution in [3.63, 3.8) is 0 Å². The topological polar surface area (TPSA) is 78.4 Å². The largest absolute Gasteiger partial charge is 0.356 e. The molecule has 2 aromatic rings. The number of nitrogens with one attached hydrogen (secondary N) is 3. The molecule has 6 nitrogen and oxygen atoms in total. The van der Waals surface area contributed by atoms with Gasteiger partial charge in [0.2, 0.25) is 5.91 Å². The zero-order valence-corrected chi connectivity index (χ0v) is 19.5. The van der Waals surface area contributed by atoms with Crippen LogP contribution in [0, 0.1) is 13.8 Å². The molecule has 0 aliphatic carbocycles. The van der Waals surface area contributed by atoms with Gasteiger partial charge in [-0.2, -0.15) is 0 Å². The third kappa shape index (κ3) is 8.02. The van der Waals surface area contributed by atoms with Crippen LogP contribution in [0.3, 0.4) is 0 Å². The van der Waals surface area contributed by atoms with Crippen LogP contribution in [0.25, 0.3) is 0 Å². The summed E-state index contributed by atoms with van der Waals surface area (Å²) >= 11 is 7.76. The van der Waals surface area contributed by atoms with Crippen molar-refractivity contribution in [2.24, 2.45) is 4.99 Å². The van der Waals surface area contributed by atoms with Gasteiger partial charge in [0.25, 0.3) is 0 Å². The summed E-state index contributed by atoms with van der Waals surface area (Å²) in [6, 6.07) is 5.46. The second kappa shape index (κ2) is 12.1. The lowest BCUT2D eigenvalue weighted by Gasteiger charge is -2.12. The Labute approximate surface area is 186 Å².